The second-order valence-electron chi connectivity index (χ2n) is 8.30. The topological polar surface area (TPSA) is 92.8 Å². The predicted molar refractivity (Wildman–Crippen MR) is 119 cm³/mol. The highest BCUT2D eigenvalue weighted by Crippen LogP contribution is 2.28. The van der Waals surface area contributed by atoms with E-state index < -0.39 is 22.6 Å². The first-order valence-electron chi connectivity index (χ1n) is 11.1. The maximum Gasteiger partial charge on any atom is 0.338 e. The molecular weight excluding hydrogens is 440 g/mol. The summed E-state index contributed by atoms with van der Waals surface area (Å²) in [5.41, 5.74) is 0.0556. The smallest absolute Gasteiger partial charge is 0.338 e. The number of carbonyl (C=O) groups excluding carboxylic acids is 2. The molecule has 0 unspecified atom stereocenters. The molecule has 1 aliphatic heterocycles. The highest BCUT2D eigenvalue weighted by atomic mass is 35.5. The van der Waals surface area contributed by atoms with Crippen LogP contribution in [-0.2, 0) is 19.6 Å². The van der Waals surface area contributed by atoms with E-state index in [0.717, 1.165) is 51.4 Å². The third-order valence-corrected chi connectivity index (χ3v) is 8.28. The van der Waals surface area contributed by atoms with Gasteiger partial charge in [-0.25, -0.2) is 13.2 Å². The minimum absolute atomic E-state index is 0.0556. The summed E-state index contributed by atoms with van der Waals surface area (Å²) in [6.45, 7) is 0.482. The van der Waals surface area contributed by atoms with Crippen LogP contribution in [0.4, 0.5) is 0 Å². The number of halogens is 1. The molecule has 3 rings (SSSR count). The Hall–Kier alpha value is -1.64. The number of ether oxygens (including phenoxy) is 1. The van der Waals surface area contributed by atoms with Crippen LogP contribution in [0.5, 0.6) is 0 Å². The van der Waals surface area contributed by atoms with Crippen molar-refractivity contribution >= 4 is 33.5 Å². The van der Waals surface area contributed by atoms with Crippen LogP contribution >= 0.6 is 11.6 Å². The number of amides is 1. The van der Waals surface area contributed by atoms with Crippen LogP contribution in [0, 0.1) is 0 Å². The van der Waals surface area contributed by atoms with Gasteiger partial charge in [-0.3, -0.25) is 4.79 Å². The summed E-state index contributed by atoms with van der Waals surface area (Å²) in [5.74, 6) is -1.09. The van der Waals surface area contributed by atoms with Gasteiger partial charge in [0.25, 0.3) is 5.91 Å². The number of benzene rings is 1. The predicted octanol–water partition coefficient (Wildman–Crippen LogP) is 3.90. The van der Waals surface area contributed by atoms with Crippen LogP contribution in [0.25, 0.3) is 0 Å². The van der Waals surface area contributed by atoms with Crippen molar-refractivity contribution in [3.63, 3.8) is 0 Å². The molecule has 31 heavy (non-hydrogen) atoms. The fraction of sp³-hybridized carbons (Fsp3) is 0.636. The van der Waals surface area contributed by atoms with Gasteiger partial charge < -0.3 is 10.1 Å². The summed E-state index contributed by atoms with van der Waals surface area (Å²) in [7, 11) is -3.81. The van der Waals surface area contributed by atoms with Gasteiger partial charge in [0.1, 0.15) is 4.90 Å². The van der Waals surface area contributed by atoms with Gasteiger partial charge in [0.15, 0.2) is 6.61 Å². The number of carbonyl (C=O) groups is 2. The molecule has 172 valence electrons. The fourth-order valence-electron chi connectivity index (χ4n) is 4.16. The Bertz CT molecular complexity index is 874. The summed E-state index contributed by atoms with van der Waals surface area (Å²) < 4.78 is 32.7. The van der Waals surface area contributed by atoms with Crippen molar-refractivity contribution in [2.45, 2.75) is 75.1 Å². The number of sulfonamides is 1. The molecule has 0 spiro atoms. The van der Waals surface area contributed by atoms with E-state index in [1.165, 1.54) is 35.3 Å². The van der Waals surface area contributed by atoms with E-state index >= 15 is 0 Å². The number of hydrogen-bond acceptors (Lipinski definition) is 5. The van der Waals surface area contributed by atoms with Crippen molar-refractivity contribution in [1.29, 1.82) is 0 Å². The second-order valence-corrected chi connectivity index (χ2v) is 10.6. The average Bonchev–Trinajstić information content (AvgIpc) is 3.18. The second kappa shape index (κ2) is 11.3. The minimum Gasteiger partial charge on any atom is -0.452 e. The van der Waals surface area contributed by atoms with Gasteiger partial charge >= 0.3 is 5.97 Å². The molecule has 0 bridgehead atoms. The lowest BCUT2D eigenvalue weighted by atomic mass is 10.1. The van der Waals surface area contributed by atoms with E-state index in [-0.39, 0.29) is 27.4 Å². The normalized spacial score (nSPS) is 19.3. The molecule has 1 aliphatic carbocycles. The van der Waals surface area contributed by atoms with Crippen molar-refractivity contribution in [3.05, 3.63) is 28.8 Å². The fourth-order valence-corrected chi connectivity index (χ4v) is 6.17. The highest BCUT2D eigenvalue weighted by Gasteiger charge is 2.28. The molecule has 1 saturated heterocycles. The third kappa shape index (κ3) is 6.67. The SMILES string of the molecule is O=C(COC(=O)c1ccc(Cl)c(S(=O)(=O)N2CCCCCC2)c1)NC1CCCCCC1. The molecule has 0 aromatic heterocycles. The Morgan fingerprint density at radius 3 is 2.26 bits per heavy atom. The Labute approximate surface area is 189 Å². The summed E-state index contributed by atoms with van der Waals surface area (Å²) >= 11 is 6.17. The molecule has 1 aromatic rings. The molecule has 2 fully saturated rings. The standard InChI is InChI=1S/C22H31ClN2O5S/c23-19-12-11-17(15-20(19)31(28,29)25-13-7-3-4-8-14-25)22(27)30-16-21(26)24-18-9-5-1-2-6-10-18/h11-12,15,18H,1-10,13-14,16H2,(H,24,26). The molecule has 0 radical (unpaired) electrons. The Balaban J connectivity index is 1.63. The van der Waals surface area contributed by atoms with Crippen molar-refractivity contribution in [3.8, 4) is 0 Å². The van der Waals surface area contributed by atoms with Gasteiger partial charge in [-0.2, -0.15) is 4.31 Å². The molecule has 1 saturated carbocycles. The maximum atomic E-state index is 13.1. The summed E-state index contributed by atoms with van der Waals surface area (Å²) in [5, 5.41) is 2.98. The monoisotopic (exact) mass is 470 g/mol. The van der Waals surface area contributed by atoms with Crippen LogP contribution < -0.4 is 5.32 Å². The molecule has 2 aliphatic rings. The lowest BCUT2D eigenvalue weighted by Crippen LogP contribution is -2.37. The molecule has 9 heteroatoms. The van der Waals surface area contributed by atoms with Crippen LogP contribution in [-0.4, -0.2) is 50.3 Å². The average molecular weight is 471 g/mol. The van der Waals surface area contributed by atoms with Gasteiger partial charge in [-0.05, 0) is 43.9 Å². The van der Waals surface area contributed by atoms with E-state index in [2.05, 4.69) is 5.32 Å². The van der Waals surface area contributed by atoms with Gasteiger partial charge in [-0.15, -0.1) is 0 Å². The van der Waals surface area contributed by atoms with E-state index in [9.17, 15) is 18.0 Å². The lowest BCUT2D eigenvalue weighted by molar-refractivity contribution is -0.125. The summed E-state index contributed by atoms with van der Waals surface area (Å²) in [4.78, 5) is 24.5. The Morgan fingerprint density at radius 1 is 1.00 bits per heavy atom. The van der Waals surface area contributed by atoms with Crippen LogP contribution in [0.15, 0.2) is 23.1 Å². The number of rotatable bonds is 6. The minimum atomic E-state index is -3.81. The Morgan fingerprint density at radius 2 is 1.61 bits per heavy atom. The zero-order chi connectivity index (χ0) is 22.3. The first-order chi connectivity index (χ1) is 14.9. The lowest BCUT2D eigenvalue weighted by Gasteiger charge is -2.21. The van der Waals surface area contributed by atoms with Crippen molar-refractivity contribution in [1.82, 2.24) is 9.62 Å². The van der Waals surface area contributed by atoms with E-state index in [1.54, 1.807) is 0 Å². The van der Waals surface area contributed by atoms with Gasteiger partial charge in [0.05, 0.1) is 10.6 Å². The number of esters is 1. The summed E-state index contributed by atoms with van der Waals surface area (Å²) in [6, 6.07) is 4.16. The molecule has 0 atom stereocenters. The zero-order valence-electron chi connectivity index (χ0n) is 17.8. The molecular formula is C22H31ClN2O5S. The van der Waals surface area contributed by atoms with E-state index in [1.807, 2.05) is 0 Å². The number of nitrogens with one attached hydrogen (secondary N) is 1. The molecule has 1 heterocycles. The van der Waals surface area contributed by atoms with Gasteiger partial charge in [-0.1, -0.05) is 50.1 Å². The van der Waals surface area contributed by atoms with Crippen molar-refractivity contribution in [2.24, 2.45) is 0 Å². The van der Waals surface area contributed by atoms with Crippen molar-refractivity contribution in [2.75, 3.05) is 19.7 Å². The molecule has 7 nitrogen and oxygen atoms in total. The third-order valence-electron chi connectivity index (χ3n) is 5.90. The summed E-state index contributed by atoms with van der Waals surface area (Å²) in [6.07, 6.45) is 10.0. The quantitative estimate of drug-likeness (QED) is 0.502. The molecule has 1 amide bonds. The van der Waals surface area contributed by atoms with Crippen LogP contribution in [0.2, 0.25) is 5.02 Å². The van der Waals surface area contributed by atoms with Crippen LogP contribution in [0.3, 0.4) is 0 Å². The van der Waals surface area contributed by atoms with Crippen LogP contribution in [0.1, 0.15) is 74.6 Å². The Kier molecular flexibility index (Phi) is 8.75. The van der Waals surface area contributed by atoms with Crippen molar-refractivity contribution < 1.29 is 22.7 Å². The number of nitrogens with zero attached hydrogens (tertiary/aromatic N) is 1. The zero-order valence-corrected chi connectivity index (χ0v) is 19.3. The van der Waals surface area contributed by atoms with Gasteiger partial charge in [0.2, 0.25) is 10.0 Å². The largest absolute Gasteiger partial charge is 0.452 e. The highest BCUT2D eigenvalue weighted by molar-refractivity contribution is 7.89. The maximum absolute atomic E-state index is 13.1. The van der Waals surface area contributed by atoms with E-state index in [0.29, 0.717) is 13.1 Å². The molecule has 1 aromatic carbocycles. The number of hydrogen-bond donors (Lipinski definition) is 1. The first-order valence-corrected chi connectivity index (χ1v) is 13.0. The van der Waals surface area contributed by atoms with E-state index in [4.69, 9.17) is 16.3 Å². The first kappa shape index (κ1) is 24.0. The molecule has 1 N–H and O–H groups in total. The van der Waals surface area contributed by atoms with Gasteiger partial charge in [0, 0.05) is 19.1 Å².